The average molecular weight is 565 g/mol. The van der Waals surface area contributed by atoms with Crippen molar-refractivity contribution in [1.82, 2.24) is 14.5 Å². The highest BCUT2D eigenvalue weighted by atomic mass is 32.2. The van der Waals surface area contributed by atoms with Gasteiger partial charge in [0.05, 0.1) is 23.0 Å². The number of fused-ring (bicyclic) bond motifs is 1. The van der Waals surface area contributed by atoms with Gasteiger partial charge in [-0.2, -0.15) is 5.10 Å². The van der Waals surface area contributed by atoms with Crippen LogP contribution in [0, 0.1) is 5.82 Å². The van der Waals surface area contributed by atoms with E-state index in [0.29, 0.717) is 16.6 Å². The number of carbonyl (C=O) groups excluding carboxylic acids is 1. The number of nitrogens with one attached hydrogen (secondary N) is 2. The van der Waals surface area contributed by atoms with Crippen LogP contribution < -0.4 is 9.44 Å². The number of halogens is 1. The molecule has 9 nitrogen and oxygen atoms in total. The number of anilines is 1. The third-order valence-electron chi connectivity index (χ3n) is 6.42. The van der Waals surface area contributed by atoms with Crippen LogP contribution in [0.4, 0.5) is 10.1 Å². The molecule has 1 fully saturated rings. The quantitative estimate of drug-likeness (QED) is 0.380. The summed E-state index contributed by atoms with van der Waals surface area (Å²) < 4.78 is 71.3. The minimum atomic E-state index is -4.23. The number of sulfonamides is 2. The van der Waals surface area contributed by atoms with Gasteiger partial charge in [0.25, 0.3) is 0 Å². The minimum Gasteiger partial charge on any atom is -0.287 e. The molecule has 0 amide bonds. The first-order valence-corrected chi connectivity index (χ1v) is 15.8. The summed E-state index contributed by atoms with van der Waals surface area (Å²) >= 11 is 0. The van der Waals surface area contributed by atoms with Crippen molar-refractivity contribution in [2.75, 3.05) is 10.5 Å². The van der Waals surface area contributed by atoms with Crippen molar-refractivity contribution in [3.8, 4) is 0 Å². The summed E-state index contributed by atoms with van der Waals surface area (Å²) in [5.41, 5.74) is 0.178. The van der Waals surface area contributed by atoms with Gasteiger partial charge in [-0.25, -0.2) is 25.9 Å². The Labute approximate surface area is 222 Å². The monoisotopic (exact) mass is 564 g/mol. The lowest BCUT2D eigenvalue weighted by atomic mass is 9.95. The minimum absolute atomic E-state index is 0.0216. The van der Waals surface area contributed by atoms with E-state index >= 15 is 0 Å². The molecule has 0 radical (unpaired) electrons. The van der Waals surface area contributed by atoms with Crippen molar-refractivity contribution in [2.45, 2.75) is 76.3 Å². The fourth-order valence-electron chi connectivity index (χ4n) is 4.67. The highest BCUT2D eigenvalue weighted by Gasteiger charge is 2.28. The van der Waals surface area contributed by atoms with Crippen LogP contribution in [-0.2, 0) is 20.0 Å². The van der Waals surface area contributed by atoms with E-state index in [-0.39, 0.29) is 23.1 Å². The largest absolute Gasteiger partial charge is 0.287 e. The van der Waals surface area contributed by atoms with Gasteiger partial charge in [0, 0.05) is 16.5 Å². The van der Waals surface area contributed by atoms with Gasteiger partial charge in [-0.1, -0.05) is 19.3 Å². The van der Waals surface area contributed by atoms with E-state index in [1.807, 2.05) is 0 Å². The maximum Gasteiger partial charge on any atom is 0.243 e. The molecule has 206 valence electrons. The highest BCUT2D eigenvalue weighted by Crippen LogP contribution is 2.34. The second-order valence-corrected chi connectivity index (χ2v) is 14.3. The molecule has 0 unspecified atom stereocenters. The van der Waals surface area contributed by atoms with E-state index < -0.39 is 42.1 Å². The van der Waals surface area contributed by atoms with E-state index in [0.717, 1.165) is 44.2 Å². The predicted octanol–water partition coefficient (Wildman–Crippen LogP) is 4.75. The smallest absolute Gasteiger partial charge is 0.243 e. The number of carbonyl (C=O) groups is 1. The Morgan fingerprint density at radius 2 is 1.74 bits per heavy atom. The maximum absolute atomic E-state index is 14.6. The van der Waals surface area contributed by atoms with Gasteiger partial charge >= 0.3 is 0 Å². The fraction of sp³-hybridized carbons (Fsp3) is 0.462. The Hall–Kier alpha value is -2.83. The molecular weight excluding hydrogens is 531 g/mol. The molecule has 0 bridgehead atoms. The van der Waals surface area contributed by atoms with Crippen LogP contribution in [0.25, 0.3) is 10.9 Å². The predicted molar refractivity (Wildman–Crippen MR) is 145 cm³/mol. The van der Waals surface area contributed by atoms with Crippen molar-refractivity contribution in [1.29, 1.82) is 0 Å². The Bertz CT molecular complexity index is 1590. The van der Waals surface area contributed by atoms with Crippen LogP contribution in [0.3, 0.4) is 0 Å². The third-order valence-corrected chi connectivity index (χ3v) is 9.50. The van der Waals surface area contributed by atoms with Gasteiger partial charge < -0.3 is 0 Å². The zero-order chi connectivity index (χ0) is 27.9. The van der Waals surface area contributed by atoms with Gasteiger partial charge in [0.1, 0.15) is 16.4 Å². The van der Waals surface area contributed by atoms with Crippen molar-refractivity contribution in [2.24, 2.45) is 0 Å². The summed E-state index contributed by atoms with van der Waals surface area (Å²) in [6.07, 6.45) is 4.87. The van der Waals surface area contributed by atoms with Crippen molar-refractivity contribution in [3.05, 3.63) is 53.5 Å². The number of benzene rings is 2. The molecule has 3 aromatic rings. The van der Waals surface area contributed by atoms with E-state index in [1.165, 1.54) is 13.0 Å². The lowest BCUT2D eigenvalue weighted by molar-refractivity contribution is 0.103. The topological polar surface area (TPSA) is 127 Å². The highest BCUT2D eigenvalue weighted by molar-refractivity contribution is 7.92. The van der Waals surface area contributed by atoms with E-state index in [1.54, 1.807) is 43.7 Å². The third kappa shape index (κ3) is 6.08. The molecule has 0 spiro atoms. The van der Waals surface area contributed by atoms with E-state index in [2.05, 4.69) is 14.5 Å². The lowest BCUT2D eigenvalue weighted by Crippen LogP contribution is -2.40. The van der Waals surface area contributed by atoms with Gasteiger partial charge in [-0.15, -0.1) is 0 Å². The standard InChI is InChI=1S/C26H33FN4O5S2/c1-5-37(33,34)29-18-12-13-20-22(16-18)31(19-9-7-6-8-10-19)28-24(20)25(32)17-11-14-21(27)23(15-17)38(35,36)30-26(2,3)4/h11-16,19,29-30H,5-10H2,1-4H3. The molecule has 38 heavy (non-hydrogen) atoms. The van der Waals surface area contributed by atoms with Gasteiger partial charge in [-0.3, -0.25) is 14.2 Å². The summed E-state index contributed by atoms with van der Waals surface area (Å²) in [7, 11) is -7.75. The van der Waals surface area contributed by atoms with Crippen LogP contribution in [0.5, 0.6) is 0 Å². The molecule has 1 heterocycles. The normalized spacial score (nSPS) is 15.6. The molecule has 2 N–H and O–H groups in total. The van der Waals surface area contributed by atoms with E-state index in [4.69, 9.17) is 0 Å². The van der Waals surface area contributed by atoms with E-state index in [9.17, 15) is 26.0 Å². The maximum atomic E-state index is 14.6. The summed E-state index contributed by atoms with van der Waals surface area (Å²) in [5.74, 6) is -1.61. The van der Waals surface area contributed by atoms with Gasteiger partial charge in [0.15, 0.2) is 0 Å². The molecular formula is C26H33FN4O5S2. The summed E-state index contributed by atoms with van der Waals surface area (Å²) in [6.45, 7) is 6.45. The van der Waals surface area contributed by atoms with Crippen LogP contribution in [0.15, 0.2) is 41.3 Å². The summed E-state index contributed by atoms with van der Waals surface area (Å²) in [5, 5.41) is 5.15. The first-order valence-electron chi connectivity index (χ1n) is 12.6. The molecule has 4 rings (SSSR count). The van der Waals surface area contributed by atoms with Crippen LogP contribution in [0.1, 0.15) is 81.9 Å². The zero-order valence-electron chi connectivity index (χ0n) is 21.9. The molecule has 1 aliphatic carbocycles. The second kappa shape index (κ2) is 10.4. The molecule has 1 aromatic heterocycles. The molecule has 0 saturated heterocycles. The molecule has 0 atom stereocenters. The Balaban J connectivity index is 1.82. The number of hydrogen-bond donors (Lipinski definition) is 2. The number of nitrogens with zero attached hydrogens (tertiary/aromatic N) is 2. The number of aromatic nitrogens is 2. The molecule has 12 heteroatoms. The van der Waals surface area contributed by atoms with Crippen LogP contribution in [0.2, 0.25) is 0 Å². The number of ketones is 1. The SMILES string of the molecule is CCS(=O)(=O)Nc1ccc2c(C(=O)c3ccc(F)c(S(=O)(=O)NC(C)(C)C)c3)nn(C3CCCCC3)c2c1. The number of rotatable bonds is 8. The number of hydrogen-bond acceptors (Lipinski definition) is 6. The fourth-order valence-corrected chi connectivity index (χ4v) is 6.82. The van der Waals surface area contributed by atoms with Gasteiger partial charge in [0.2, 0.25) is 25.8 Å². The summed E-state index contributed by atoms with van der Waals surface area (Å²) in [4.78, 5) is 13.0. The van der Waals surface area contributed by atoms with Crippen molar-refractivity contribution in [3.63, 3.8) is 0 Å². The zero-order valence-corrected chi connectivity index (χ0v) is 23.5. The van der Waals surface area contributed by atoms with Gasteiger partial charge in [-0.05, 0) is 76.9 Å². The first-order chi connectivity index (χ1) is 17.7. The Kier molecular flexibility index (Phi) is 7.70. The first kappa shape index (κ1) is 28.2. The molecule has 0 aliphatic heterocycles. The molecule has 2 aromatic carbocycles. The molecule has 1 saturated carbocycles. The Morgan fingerprint density at radius 1 is 1.05 bits per heavy atom. The van der Waals surface area contributed by atoms with Crippen LogP contribution in [-0.4, -0.2) is 43.7 Å². The molecule has 1 aliphatic rings. The second-order valence-electron chi connectivity index (χ2n) is 10.7. The van der Waals surface area contributed by atoms with Crippen LogP contribution >= 0.6 is 0 Å². The van der Waals surface area contributed by atoms with Crippen molar-refractivity contribution < 1.29 is 26.0 Å². The summed E-state index contributed by atoms with van der Waals surface area (Å²) in [6, 6.07) is 8.12. The lowest BCUT2D eigenvalue weighted by Gasteiger charge is -2.23. The Morgan fingerprint density at radius 3 is 2.37 bits per heavy atom. The van der Waals surface area contributed by atoms with Crippen molar-refractivity contribution >= 4 is 42.4 Å². The average Bonchev–Trinajstić information content (AvgIpc) is 3.21.